The van der Waals surface area contributed by atoms with Crippen molar-refractivity contribution in [1.29, 1.82) is 0 Å². The smallest absolute Gasteiger partial charge is 0.338 e. The normalized spacial score (nSPS) is 14.4. The number of amides is 2. The predicted octanol–water partition coefficient (Wildman–Crippen LogP) is 3.43. The Kier molecular flexibility index (Phi) is 5.24. The quantitative estimate of drug-likeness (QED) is 0.806. The Morgan fingerprint density at radius 2 is 2.14 bits per heavy atom. The highest BCUT2D eigenvalue weighted by Crippen LogP contribution is 2.28. The molecular weight excluding hydrogens is 331 g/mol. The number of benzene rings is 1. The van der Waals surface area contributed by atoms with Gasteiger partial charge in [-0.3, -0.25) is 10.3 Å². The van der Waals surface area contributed by atoms with Crippen LogP contribution in [-0.4, -0.2) is 36.0 Å². The van der Waals surface area contributed by atoms with Crippen molar-refractivity contribution in [2.45, 2.75) is 19.9 Å². The van der Waals surface area contributed by atoms with Gasteiger partial charge in [0.05, 0.1) is 22.3 Å². The average molecular weight is 347 g/mol. The van der Waals surface area contributed by atoms with Crippen molar-refractivity contribution in [2.75, 3.05) is 17.4 Å². The first-order chi connectivity index (χ1) is 9.90. The van der Waals surface area contributed by atoms with E-state index < -0.39 is 6.03 Å². The van der Waals surface area contributed by atoms with Gasteiger partial charge in [0.1, 0.15) is 0 Å². The van der Waals surface area contributed by atoms with Gasteiger partial charge in [-0.05, 0) is 32.0 Å². The molecule has 1 heterocycles. The standard InChI is InChI=1S/C13H16Cl2N4OS/c1-8(2)18-6-5-16-12(18)17-13(20)19(21)9-3-4-10(14)11(15)7-9/h3-4,7-8,21H,5-6H2,1-2H3,(H,16,17,20). The lowest BCUT2D eigenvalue weighted by molar-refractivity contribution is 0.252. The SMILES string of the molecule is CC(C)N1CCN=C1NC(=O)N(S)c1ccc(Cl)c(Cl)c1. The first kappa shape index (κ1) is 16.3. The summed E-state index contributed by atoms with van der Waals surface area (Å²) in [4.78, 5) is 18.5. The third kappa shape index (κ3) is 3.75. The van der Waals surface area contributed by atoms with Crippen molar-refractivity contribution in [1.82, 2.24) is 10.2 Å². The zero-order chi connectivity index (χ0) is 15.6. The molecule has 2 rings (SSSR count). The van der Waals surface area contributed by atoms with E-state index in [1.54, 1.807) is 18.2 Å². The molecule has 8 heteroatoms. The van der Waals surface area contributed by atoms with E-state index in [9.17, 15) is 4.79 Å². The molecule has 0 unspecified atom stereocenters. The highest BCUT2D eigenvalue weighted by atomic mass is 35.5. The van der Waals surface area contributed by atoms with E-state index in [0.29, 0.717) is 28.2 Å². The third-order valence-corrected chi connectivity index (χ3v) is 4.21. The topological polar surface area (TPSA) is 47.9 Å². The summed E-state index contributed by atoms with van der Waals surface area (Å²) < 4.78 is 1.17. The van der Waals surface area contributed by atoms with Gasteiger partial charge in [0.2, 0.25) is 5.96 Å². The molecule has 0 saturated heterocycles. The van der Waals surface area contributed by atoms with Crippen LogP contribution in [0.4, 0.5) is 10.5 Å². The summed E-state index contributed by atoms with van der Waals surface area (Å²) in [5.41, 5.74) is 0.528. The molecule has 114 valence electrons. The van der Waals surface area contributed by atoms with E-state index >= 15 is 0 Å². The van der Waals surface area contributed by atoms with Crippen LogP contribution >= 0.6 is 36.0 Å². The van der Waals surface area contributed by atoms with Crippen molar-refractivity contribution < 1.29 is 4.79 Å². The second-order valence-electron chi connectivity index (χ2n) is 4.83. The van der Waals surface area contributed by atoms with E-state index in [2.05, 4.69) is 23.1 Å². The molecule has 1 aliphatic rings. The molecule has 0 atom stereocenters. The highest BCUT2D eigenvalue weighted by Gasteiger charge is 2.23. The average Bonchev–Trinajstić information content (AvgIpc) is 2.89. The summed E-state index contributed by atoms with van der Waals surface area (Å²) in [5, 5.41) is 3.54. The fourth-order valence-electron chi connectivity index (χ4n) is 1.96. The van der Waals surface area contributed by atoms with Crippen molar-refractivity contribution in [2.24, 2.45) is 4.99 Å². The molecule has 5 nitrogen and oxygen atoms in total. The van der Waals surface area contributed by atoms with Crippen LogP contribution in [0.25, 0.3) is 0 Å². The molecule has 2 amide bonds. The first-order valence-electron chi connectivity index (χ1n) is 6.46. The van der Waals surface area contributed by atoms with Crippen LogP contribution in [0.3, 0.4) is 0 Å². The third-order valence-electron chi connectivity index (χ3n) is 3.06. The van der Waals surface area contributed by atoms with Gasteiger partial charge in [0.15, 0.2) is 0 Å². The maximum Gasteiger partial charge on any atom is 0.338 e. The summed E-state index contributed by atoms with van der Waals surface area (Å²) in [6, 6.07) is 4.72. The van der Waals surface area contributed by atoms with Crippen LogP contribution in [0.1, 0.15) is 13.8 Å². The number of rotatable bonds is 2. The zero-order valence-corrected chi connectivity index (χ0v) is 14.1. The summed E-state index contributed by atoms with van der Waals surface area (Å²) in [7, 11) is 0. The Morgan fingerprint density at radius 1 is 1.43 bits per heavy atom. The molecule has 1 aliphatic heterocycles. The minimum Gasteiger partial charge on any atom is -0.338 e. The number of carbonyl (C=O) groups is 1. The molecule has 1 N–H and O–H groups in total. The van der Waals surface area contributed by atoms with Gasteiger partial charge >= 0.3 is 6.03 Å². The Labute approximate surface area is 139 Å². The van der Waals surface area contributed by atoms with Gasteiger partial charge in [-0.1, -0.05) is 36.0 Å². The molecule has 1 aromatic rings. The molecule has 0 spiro atoms. The largest absolute Gasteiger partial charge is 0.338 e. The number of hydrogen-bond donors (Lipinski definition) is 2. The first-order valence-corrected chi connectivity index (χ1v) is 7.62. The Balaban J connectivity index is 2.07. The molecular formula is C13H16Cl2N4OS. The molecule has 0 aromatic heterocycles. The van der Waals surface area contributed by atoms with Crippen LogP contribution in [0, 0.1) is 0 Å². The molecule has 0 bridgehead atoms. The summed E-state index contributed by atoms with van der Waals surface area (Å²) in [6.45, 7) is 5.56. The fraction of sp³-hybridized carbons (Fsp3) is 0.385. The van der Waals surface area contributed by atoms with Gasteiger partial charge < -0.3 is 4.90 Å². The van der Waals surface area contributed by atoms with Gasteiger partial charge in [0.25, 0.3) is 0 Å². The molecule has 0 aliphatic carbocycles. The van der Waals surface area contributed by atoms with E-state index in [1.165, 1.54) is 4.31 Å². The highest BCUT2D eigenvalue weighted by molar-refractivity contribution is 7.82. The number of guanidine groups is 1. The predicted molar refractivity (Wildman–Crippen MR) is 90.6 cm³/mol. The number of aliphatic imine (C=N–C) groups is 1. The van der Waals surface area contributed by atoms with E-state index in [0.717, 1.165) is 6.54 Å². The molecule has 0 radical (unpaired) electrons. The van der Waals surface area contributed by atoms with Crippen molar-refractivity contribution in [3.8, 4) is 0 Å². The van der Waals surface area contributed by atoms with Crippen LogP contribution in [0.15, 0.2) is 23.2 Å². The minimum atomic E-state index is -0.400. The Hall–Kier alpha value is -1.11. The summed E-state index contributed by atoms with van der Waals surface area (Å²) in [5.74, 6) is 0.564. The van der Waals surface area contributed by atoms with Crippen LogP contribution in [-0.2, 0) is 0 Å². The van der Waals surface area contributed by atoms with Gasteiger partial charge in [0, 0.05) is 12.6 Å². The second-order valence-corrected chi connectivity index (χ2v) is 6.05. The van der Waals surface area contributed by atoms with E-state index in [-0.39, 0.29) is 6.04 Å². The van der Waals surface area contributed by atoms with Crippen LogP contribution in [0.2, 0.25) is 10.0 Å². The van der Waals surface area contributed by atoms with Gasteiger partial charge in [-0.25, -0.2) is 9.10 Å². The molecule has 0 saturated carbocycles. The molecule has 0 fully saturated rings. The zero-order valence-electron chi connectivity index (χ0n) is 11.7. The lowest BCUT2D eigenvalue weighted by atomic mass is 10.3. The number of anilines is 1. The monoisotopic (exact) mass is 346 g/mol. The maximum atomic E-state index is 12.2. The lowest BCUT2D eigenvalue weighted by Gasteiger charge is -2.26. The number of nitrogens with one attached hydrogen (secondary N) is 1. The number of hydrogen-bond acceptors (Lipinski definition) is 4. The lowest BCUT2D eigenvalue weighted by Crippen LogP contribution is -2.47. The Bertz CT molecular complexity index is 579. The number of urea groups is 1. The van der Waals surface area contributed by atoms with Crippen molar-refractivity contribution >= 4 is 53.7 Å². The Morgan fingerprint density at radius 3 is 2.76 bits per heavy atom. The maximum absolute atomic E-state index is 12.2. The summed E-state index contributed by atoms with van der Waals surface area (Å²) in [6.07, 6.45) is 0. The van der Waals surface area contributed by atoms with Gasteiger partial charge in [-0.2, -0.15) is 0 Å². The number of nitrogens with zero attached hydrogens (tertiary/aromatic N) is 3. The molecule has 1 aromatic carbocycles. The van der Waals surface area contributed by atoms with Crippen LogP contribution in [0.5, 0.6) is 0 Å². The number of halogens is 2. The van der Waals surface area contributed by atoms with E-state index in [1.807, 2.05) is 18.7 Å². The number of carbonyl (C=O) groups excluding carboxylic acids is 1. The fourth-order valence-corrected chi connectivity index (χ4v) is 2.42. The van der Waals surface area contributed by atoms with Crippen LogP contribution < -0.4 is 9.62 Å². The molecule has 21 heavy (non-hydrogen) atoms. The number of thiol groups is 1. The summed E-state index contributed by atoms with van der Waals surface area (Å²) >= 11 is 16.0. The van der Waals surface area contributed by atoms with Crippen molar-refractivity contribution in [3.05, 3.63) is 28.2 Å². The van der Waals surface area contributed by atoms with Crippen molar-refractivity contribution in [3.63, 3.8) is 0 Å². The van der Waals surface area contributed by atoms with Gasteiger partial charge in [-0.15, -0.1) is 0 Å². The van der Waals surface area contributed by atoms with E-state index in [4.69, 9.17) is 23.2 Å². The minimum absolute atomic E-state index is 0.268. The second kappa shape index (κ2) is 6.77.